The van der Waals surface area contributed by atoms with E-state index in [1.54, 1.807) is 18.0 Å². The van der Waals surface area contributed by atoms with Gasteiger partial charge in [-0.3, -0.25) is 9.78 Å². The van der Waals surface area contributed by atoms with Crippen molar-refractivity contribution in [3.8, 4) is 11.4 Å². The minimum absolute atomic E-state index is 0.118. The Morgan fingerprint density at radius 3 is 2.60 bits per heavy atom. The molecule has 1 amide bonds. The Kier molecular flexibility index (Phi) is 12.1. The number of unbranched alkanes of at least 4 members (excludes halogenated alkanes) is 3. The molecule has 1 aromatic carbocycles. The number of pyridine rings is 3. The molecule has 42 heavy (non-hydrogen) atoms. The molecule has 1 aliphatic rings. The number of ether oxygens (including phenoxy) is 1. The summed E-state index contributed by atoms with van der Waals surface area (Å²) in [6, 6.07) is 17.7. The lowest BCUT2D eigenvalue weighted by atomic mass is 10.1. The first-order valence-electron chi connectivity index (χ1n) is 14.7. The highest BCUT2D eigenvalue weighted by Gasteiger charge is 2.14. The molecule has 4 aromatic rings. The SMILES string of the molecule is CCCCCCN.CSc1cc(C(=O)NCc2cc3nc(-c4cccc(N5CCOCC5)n4)ccc3cn2)ccc1C. The van der Waals surface area contributed by atoms with Gasteiger partial charge in [0.15, 0.2) is 0 Å². The zero-order valence-electron chi connectivity index (χ0n) is 24.9. The standard InChI is InChI=1S/C27H27N5O2S.C6H15N/c1-18-6-7-19(14-25(18)35-2)27(33)29-17-21-15-24-20(16-28-21)8-9-23(30-24)22-4-3-5-26(31-22)32-10-12-34-13-11-32;1-2-3-4-5-6-7/h3-9,14-16H,10-13,17H2,1-2H3,(H,29,33);2-7H2,1H3. The molecule has 0 unspecified atom stereocenters. The van der Waals surface area contributed by atoms with Crippen molar-refractivity contribution in [2.75, 3.05) is 44.0 Å². The van der Waals surface area contributed by atoms with Crippen LogP contribution < -0.4 is 16.0 Å². The Bertz CT molecular complexity index is 1450. The molecule has 0 aliphatic carbocycles. The number of aromatic nitrogens is 3. The van der Waals surface area contributed by atoms with Gasteiger partial charge < -0.3 is 20.7 Å². The van der Waals surface area contributed by atoms with Crippen LogP contribution in [-0.4, -0.2) is 60.0 Å². The van der Waals surface area contributed by atoms with Crippen molar-refractivity contribution in [1.29, 1.82) is 0 Å². The smallest absolute Gasteiger partial charge is 0.251 e. The second-order valence-electron chi connectivity index (χ2n) is 10.3. The molecule has 1 fully saturated rings. The summed E-state index contributed by atoms with van der Waals surface area (Å²) in [4.78, 5) is 30.2. The lowest BCUT2D eigenvalue weighted by molar-refractivity contribution is 0.0950. The molecule has 0 spiro atoms. The summed E-state index contributed by atoms with van der Waals surface area (Å²) in [5.41, 5.74) is 10.3. The second-order valence-corrected chi connectivity index (χ2v) is 11.1. The van der Waals surface area contributed by atoms with Gasteiger partial charge in [0.25, 0.3) is 5.91 Å². The summed E-state index contributed by atoms with van der Waals surface area (Å²) in [7, 11) is 0. The largest absolute Gasteiger partial charge is 0.378 e. The van der Waals surface area contributed by atoms with Gasteiger partial charge in [-0.15, -0.1) is 11.8 Å². The van der Waals surface area contributed by atoms with Gasteiger partial charge in [-0.25, -0.2) is 9.97 Å². The molecule has 0 saturated carbocycles. The van der Waals surface area contributed by atoms with Crippen molar-refractivity contribution < 1.29 is 9.53 Å². The summed E-state index contributed by atoms with van der Waals surface area (Å²) in [6.45, 7) is 8.55. The summed E-state index contributed by atoms with van der Waals surface area (Å²) < 4.78 is 5.46. The van der Waals surface area contributed by atoms with E-state index in [1.165, 1.54) is 25.7 Å². The summed E-state index contributed by atoms with van der Waals surface area (Å²) >= 11 is 1.64. The van der Waals surface area contributed by atoms with Crippen LogP contribution in [0.25, 0.3) is 22.3 Å². The van der Waals surface area contributed by atoms with Gasteiger partial charge in [0.05, 0.1) is 42.4 Å². The van der Waals surface area contributed by atoms with Gasteiger partial charge in [0.2, 0.25) is 0 Å². The van der Waals surface area contributed by atoms with E-state index in [4.69, 9.17) is 20.4 Å². The van der Waals surface area contributed by atoms with Crippen LogP contribution in [0.5, 0.6) is 0 Å². The van der Waals surface area contributed by atoms with E-state index in [1.807, 2.05) is 67.8 Å². The maximum Gasteiger partial charge on any atom is 0.251 e. The highest BCUT2D eigenvalue weighted by atomic mass is 32.2. The van der Waals surface area contributed by atoms with Gasteiger partial charge >= 0.3 is 0 Å². The van der Waals surface area contributed by atoms with Crippen molar-refractivity contribution in [3.05, 3.63) is 77.6 Å². The third-order valence-electron chi connectivity index (χ3n) is 7.12. The van der Waals surface area contributed by atoms with E-state index in [9.17, 15) is 4.79 Å². The van der Waals surface area contributed by atoms with E-state index in [-0.39, 0.29) is 5.91 Å². The molecule has 0 bridgehead atoms. The van der Waals surface area contributed by atoms with Crippen LogP contribution in [0.4, 0.5) is 5.82 Å². The molecule has 3 N–H and O–H groups in total. The van der Waals surface area contributed by atoms with Crippen LogP contribution in [0.2, 0.25) is 0 Å². The number of morpholine rings is 1. The number of anilines is 1. The second kappa shape index (κ2) is 16.2. The Morgan fingerprint density at radius 1 is 1.02 bits per heavy atom. The van der Waals surface area contributed by atoms with Crippen molar-refractivity contribution in [1.82, 2.24) is 20.3 Å². The number of aryl methyl sites for hydroxylation is 1. The van der Waals surface area contributed by atoms with Crippen LogP contribution in [0.15, 0.2) is 65.7 Å². The minimum Gasteiger partial charge on any atom is -0.378 e. The van der Waals surface area contributed by atoms with Crippen molar-refractivity contribution in [2.45, 2.75) is 51.0 Å². The molecule has 1 aliphatic heterocycles. The Balaban J connectivity index is 0.000000517. The molecule has 8 nitrogen and oxygen atoms in total. The summed E-state index contributed by atoms with van der Waals surface area (Å²) in [5.74, 6) is 0.819. The quantitative estimate of drug-likeness (QED) is 0.172. The number of carbonyl (C=O) groups excluding carboxylic acids is 1. The number of fused-ring (bicyclic) bond motifs is 1. The average Bonchev–Trinajstić information content (AvgIpc) is 3.04. The molecule has 0 radical (unpaired) electrons. The molecule has 1 saturated heterocycles. The highest BCUT2D eigenvalue weighted by molar-refractivity contribution is 7.98. The van der Waals surface area contributed by atoms with Gasteiger partial charge in [-0.1, -0.05) is 38.3 Å². The van der Waals surface area contributed by atoms with E-state index in [0.717, 1.165) is 77.1 Å². The van der Waals surface area contributed by atoms with Crippen LogP contribution in [0.3, 0.4) is 0 Å². The minimum atomic E-state index is -0.118. The Morgan fingerprint density at radius 2 is 1.83 bits per heavy atom. The van der Waals surface area contributed by atoms with Crippen LogP contribution >= 0.6 is 11.8 Å². The van der Waals surface area contributed by atoms with Crippen LogP contribution in [0.1, 0.15) is 54.2 Å². The Hall–Kier alpha value is -3.53. The number of hydrogen-bond donors (Lipinski definition) is 2. The molecule has 3 aromatic heterocycles. The van der Waals surface area contributed by atoms with Gasteiger partial charge in [0, 0.05) is 35.1 Å². The van der Waals surface area contributed by atoms with E-state index < -0.39 is 0 Å². The van der Waals surface area contributed by atoms with Gasteiger partial charge in [-0.2, -0.15) is 0 Å². The first-order chi connectivity index (χ1) is 20.5. The summed E-state index contributed by atoms with van der Waals surface area (Å²) in [5, 5.41) is 3.92. The number of thioether (sulfide) groups is 1. The molecule has 9 heteroatoms. The summed E-state index contributed by atoms with van der Waals surface area (Å²) in [6.07, 6.45) is 8.97. The fourth-order valence-corrected chi connectivity index (χ4v) is 5.27. The number of hydrogen-bond acceptors (Lipinski definition) is 8. The molecule has 222 valence electrons. The van der Waals surface area contributed by atoms with Crippen molar-refractivity contribution >= 4 is 34.4 Å². The number of amides is 1. The fourth-order valence-electron chi connectivity index (χ4n) is 4.64. The van der Waals surface area contributed by atoms with Crippen molar-refractivity contribution in [2.24, 2.45) is 5.73 Å². The van der Waals surface area contributed by atoms with Crippen molar-refractivity contribution in [3.63, 3.8) is 0 Å². The zero-order chi connectivity index (χ0) is 29.7. The number of carbonyl (C=O) groups is 1. The topological polar surface area (TPSA) is 106 Å². The third kappa shape index (κ3) is 8.74. The Labute approximate surface area is 253 Å². The molecule has 0 atom stereocenters. The maximum atomic E-state index is 12.7. The third-order valence-corrected chi connectivity index (χ3v) is 8.00. The number of benzene rings is 1. The number of rotatable bonds is 10. The first-order valence-corrected chi connectivity index (χ1v) is 15.9. The van der Waals surface area contributed by atoms with E-state index in [2.05, 4.69) is 22.1 Å². The van der Waals surface area contributed by atoms with Gasteiger partial charge in [-0.05, 0) is 74.2 Å². The lowest BCUT2D eigenvalue weighted by Crippen LogP contribution is -2.36. The van der Waals surface area contributed by atoms with Crippen LogP contribution in [0, 0.1) is 6.92 Å². The monoisotopic (exact) mass is 586 g/mol. The lowest BCUT2D eigenvalue weighted by Gasteiger charge is -2.28. The molecular formula is C33H42N6O2S. The molecule has 5 rings (SSSR count). The number of nitrogens with zero attached hydrogens (tertiary/aromatic N) is 4. The number of nitrogens with two attached hydrogens (primary N) is 1. The predicted molar refractivity (Wildman–Crippen MR) is 173 cm³/mol. The van der Waals surface area contributed by atoms with E-state index >= 15 is 0 Å². The molecule has 4 heterocycles. The number of nitrogens with one attached hydrogen (secondary N) is 1. The zero-order valence-corrected chi connectivity index (χ0v) is 25.8. The maximum absolute atomic E-state index is 12.7. The average molecular weight is 587 g/mol. The van der Waals surface area contributed by atoms with Crippen LogP contribution in [-0.2, 0) is 11.3 Å². The normalized spacial score (nSPS) is 13.0. The predicted octanol–water partition coefficient (Wildman–Crippen LogP) is 6.01. The highest BCUT2D eigenvalue weighted by Crippen LogP contribution is 2.23. The van der Waals surface area contributed by atoms with Gasteiger partial charge in [0.1, 0.15) is 5.82 Å². The first kappa shape index (κ1) is 31.4. The fraction of sp³-hybridized carbons (Fsp3) is 0.394. The molecular weight excluding hydrogens is 544 g/mol. The van der Waals surface area contributed by atoms with E-state index in [0.29, 0.717) is 12.1 Å².